The van der Waals surface area contributed by atoms with Gasteiger partial charge in [-0.2, -0.15) is 5.10 Å². The number of carbonyl (C=O) groups excluding carboxylic acids is 1. The van der Waals surface area contributed by atoms with E-state index in [1.807, 2.05) is 42.5 Å². The maximum Gasteiger partial charge on any atom is 0.324 e. The number of amides is 2. The Morgan fingerprint density at radius 1 is 1.00 bits per heavy atom. The number of hydrogen-bond acceptors (Lipinski definition) is 7. The molecule has 0 aliphatic carbocycles. The van der Waals surface area contributed by atoms with E-state index in [0.717, 1.165) is 54.9 Å². The molecule has 0 atom stereocenters. The number of urea groups is 1. The zero-order valence-electron chi connectivity index (χ0n) is 23.4. The van der Waals surface area contributed by atoms with E-state index in [2.05, 4.69) is 46.4 Å². The van der Waals surface area contributed by atoms with Crippen molar-refractivity contribution >= 4 is 28.3 Å². The molecule has 2 N–H and O–H groups in total. The van der Waals surface area contributed by atoms with E-state index in [0.29, 0.717) is 29.7 Å². The first-order chi connectivity index (χ1) is 19.3. The minimum Gasteiger partial charge on any atom is -0.492 e. The molecule has 2 aromatic carbocycles. The van der Waals surface area contributed by atoms with Crippen LogP contribution in [-0.4, -0.2) is 72.3 Å². The van der Waals surface area contributed by atoms with Gasteiger partial charge in [0.15, 0.2) is 0 Å². The fraction of sp³-hybridized carbons (Fsp3) is 0.367. The number of carbonyl (C=O) groups is 1. The van der Waals surface area contributed by atoms with Crippen LogP contribution >= 0.6 is 0 Å². The first kappa shape index (κ1) is 27.4. The second-order valence-electron chi connectivity index (χ2n) is 10.7. The van der Waals surface area contributed by atoms with Gasteiger partial charge in [-0.1, -0.05) is 45.0 Å². The predicted molar refractivity (Wildman–Crippen MR) is 156 cm³/mol. The molecule has 5 rings (SSSR count). The van der Waals surface area contributed by atoms with Crippen molar-refractivity contribution in [3.63, 3.8) is 0 Å². The number of rotatable bonds is 8. The Balaban J connectivity index is 1.35. The first-order valence-electron chi connectivity index (χ1n) is 13.4. The lowest BCUT2D eigenvalue weighted by Gasteiger charge is -2.26. The molecule has 10 heteroatoms. The van der Waals surface area contributed by atoms with Gasteiger partial charge >= 0.3 is 6.03 Å². The number of aromatic nitrogens is 3. The highest BCUT2D eigenvalue weighted by Crippen LogP contribution is 2.33. The van der Waals surface area contributed by atoms with Gasteiger partial charge in [0.1, 0.15) is 18.2 Å². The minimum atomic E-state index is -0.375. The zero-order chi connectivity index (χ0) is 28.1. The monoisotopic (exact) mass is 544 g/mol. The van der Waals surface area contributed by atoms with Gasteiger partial charge in [0.2, 0.25) is 5.88 Å². The van der Waals surface area contributed by atoms with Crippen LogP contribution in [0.15, 0.2) is 60.9 Å². The van der Waals surface area contributed by atoms with Gasteiger partial charge in [0.25, 0.3) is 0 Å². The fourth-order valence-corrected chi connectivity index (χ4v) is 4.71. The SMILES string of the molecule is COc1ccc(-n2ncc(C(C)(C)C)c2NC(=O)Nc2ccc(OCCN3CCOCC3)c3ccccc23)cn1. The summed E-state index contributed by atoms with van der Waals surface area (Å²) in [6, 6.07) is 14.9. The Hall–Kier alpha value is -4.15. The maximum atomic E-state index is 13.4. The lowest BCUT2D eigenvalue weighted by molar-refractivity contribution is 0.0323. The molecule has 0 radical (unpaired) electrons. The molecular weight excluding hydrogens is 508 g/mol. The summed E-state index contributed by atoms with van der Waals surface area (Å²) in [5.41, 5.74) is 2.03. The normalized spacial score (nSPS) is 14.2. The van der Waals surface area contributed by atoms with Crippen molar-refractivity contribution in [2.75, 3.05) is 57.2 Å². The molecule has 0 unspecified atom stereocenters. The van der Waals surface area contributed by atoms with E-state index in [1.165, 1.54) is 0 Å². The van der Waals surface area contributed by atoms with Crippen LogP contribution in [0.4, 0.5) is 16.3 Å². The second kappa shape index (κ2) is 11.9. The van der Waals surface area contributed by atoms with Gasteiger partial charge in [-0.25, -0.2) is 14.5 Å². The molecular formula is C30H36N6O4. The number of hydrogen-bond donors (Lipinski definition) is 2. The van der Waals surface area contributed by atoms with Crippen molar-refractivity contribution in [2.24, 2.45) is 0 Å². The first-order valence-corrected chi connectivity index (χ1v) is 13.4. The quantitative estimate of drug-likeness (QED) is 0.319. The van der Waals surface area contributed by atoms with E-state index in [-0.39, 0.29) is 11.4 Å². The maximum absolute atomic E-state index is 13.4. The largest absolute Gasteiger partial charge is 0.492 e. The number of benzene rings is 2. The number of ether oxygens (including phenoxy) is 3. The molecule has 0 spiro atoms. The molecule has 10 nitrogen and oxygen atoms in total. The highest BCUT2D eigenvalue weighted by atomic mass is 16.5. The van der Waals surface area contributed by atoms with Crippen LogP contribution in [0.2, 0.25) is 0 Å². The Morgan fingerprint density at radius 2 is 1.77 bits per heavy atom. The molecule has 0 bridgehead atoms. The number of nitrogens with zero attached hydrogens (tertiary/aromatic N) is 4. The summed E-state index contributed by atoms with van der Waals surface area (Å²) < 4.78 is 18.4. The standard InChI is InChI=1S/C30H36N6O4/c1-30(2,3)24-20-32-36(21-9-12-27(38-4)31-19-21)28(24)34-29(37)33-25-10-11-26(23-8-6-5-7-22(23)25)40-18-15-35-13-16-39-17-14-35/h5-12,19-20H,13-18H2,1-4H3,(H2,33,34,37). The van der Waals surface area contributed by atoms with E-state index in [9.17, 15) is 4.79 Å². The number of fused-ring (bicyclic) bond motifs is 1. The van der Waals surface area contributed by atoms with E-state index in [4.69, 9.17) is 14.2 Å². The molecule has 3 heterocycles. The summed E-state index contributed by atoms with van der Waals surface area (Å²) in [7, 11) is 1.57. The average Bonchev–Trinajstić information content (AvgIpc) is 3.38. The lowest BCUT2D eigenvalue weighted by atomic mass is 9.89. The summed E-state index contributed by atoms with van der Waals surface area (Å²) >= 11 is 0. The van der Waals surface area contributed by atoms with Gasteiger partial charge in [0, 0.05) is 42.0 Å². The van der Waals surface area contributed by atoms with Crippen LogP contribution in [-0.2, 0) is 10.2 Å². The average molecular weight is 545 g/mol. The van der Waals surface area contributed by atoms with E-state index < -0.39 is 0 Å². The summed E-state index contributed by atoms with van der Waals surface area (Å²) in [4.78, 5) is 20.0. The molecule has 1 aliphatic heterocycles. The molecule has 4 aromatic rings. The molecule has 2 amide bonds. The summed E-state index contributed by atoms with van der Waals surface area (Å²) in [5.74, 6) is 1.86. The Bertz CT molecular complexity index is 1460. The third-order valence-corrected chi connectivity index (χ3v) is 6.88. The topological polar surface area (TPSA) is 103 Å². The summed E-state index contributed by atoms with van der Waals surface area (Å²) in [6.45, 7) is 11.0. The Morgan fingerprint density at radius 3 is 2.48 bits per heavy atom. The van der Waals surface area contributed by atoms with Crippen LogP contribution in [0.25, 0.3) is 16.5 Å². The predicted octanol–water partition coefficient (Wildman–Crippen LogP) is 5.08. The zero-order valence-corrected chi connectivity index (χ0v) is 23.4. The number of pyridine rings is 1. The molecule has 1 fully saturated rings. The van der Waals surface area contributed by atoms with E-state index in [1.54, 1.807) is 30.3 Å². The van der Waals surface area contributed by atoms with Crippen molar-refractivity contribution in [1.82, 2.24) is 19.7 Å². The molecule has 210 valence electrons. The van der Waals surface area contributed by atoms with Crippen molar-refractivity contribution in [1.29, 1.82) is 0 Å². The van der Waals surface area contributed by atoms with Crippen molar-refractivity contribution in [3.8, 4) is 17.3 Å². The lowest BCUT2D eigenvalue weighted by Crippen LogP contribution is -2.38. The number of anilines is 2. The number of nitrogens with one attached hydrogen (secondary N) is 2. The third-order valence-electron chi connectivity index (χ3n) is 6.88. The van der Waals surface area contributed by atoms with Gasteiger partial charge in [-0.3, -0.25) is 10.2 Å². The number of morpholine rings is 1. The van der Waals surface area contributed by atoms with Crippen LogP contribution < -0.4 is 20.1 Å². The van der Waals surface area contributed by atoms with Gasteiger partial charge in [-0.15, -0.1) is 0 Å². The van der Waals surface area contributed by atoms with Crippen LogP contribution in [0.1, 0.15) is 26.3 Å². The van der Waals surface area contributed by atoms with Gasteiger partial charge in [0.05, 0.1) is 44.1 Å². The van der Waals surface area contributed by atoms with Crippen molar-refractivity contribution in [2.45, 2.75) is 26.2 Å². The van der Waals surface area contributed by atoms with Crippen LogP contribution in [0, 0.1) is 0 Å². The van der Waals surface area contributed by atoms with Crippen molar-refractivity contribution < 1.29 is 19.0 Å². The highest BCUT2D eigenvalue weighted by Gasteiger charge is 2.25. The molecule has 0 saturated carbocycles. The smallest absolute Gasteiger partial charge is 0.324 e. The van der Waals surface area contributed by atoms with E-state index >= 15 is 0 Å². The van der Waals surface area contributed by atoms with Crippen LogP contribution in [0.3, 0.4) is 0 Å². The second-order valence-corrected chi connectivity index (χ2v) is 10.7. The number of methoxy groups -OCH3 is 1. The molecule has 40 heavy (non-hydrogen) atoms. The molecule has 2 aromatic heterocycles. The third kappa shape index (κ3) is 6.19. The minimum absolute atomic E-state index is 0.256. The van der Waals surface area contributed by atoms with Gasteiger partial charge in [-0.05, 0) is 23.6 Å². The summed E-state index contributed by atoms with van der Waals surface area (Å²) in [6.07, 6.45) is 3.44. The Kier molecular flexibility index (Phi) is 8.18. The highest BCUT2D eigenvalue weighted by molar-refractivity contribution is 6.07. The summed E-state index contributed by atoms with van der Waals surface area (Å²) in [5, 5.41) is 12.5. The molecule has 1 saturated heterocycles. The van der Waals surface area contributed by atoms with Crippen LogP contribution in [0.5, 0.6) is 11.6 Å². The molecule has 1 aliphatic rings. The Labute approximate surface area is 234 Å². The van der Waals surface area contributed by atoms with Gasteiger partial charge < -0.3 is 19.5 Å². The van der Waals surface area contributed by atoms with Crippen molar-refractivity contribution in [3.05, 3.63) is 66.5 Å². The fourth-order valence-electron chi connectivity index (χ4n) is 4.71.